The van der Waals surface area contributed by atoms with Gasteiger partial charge in [0, 0.05) is 36.7 Å². The minimum atomic E-state index is -0.112. The molecule has 0 unspecified atom stereocenters. The minimum absolute atomic E-state index is 0.112. The van der Waals surface area contributed by atoms with Gasteiger partial charge in [0.1, 0.15) is 0 Å². The zero-order chi connectivity index (χ0) is 32.7. The molecule has 1 aliphatic carbocycles. The van der Waals surface area contributed by atoms with Gasteiger partial charge in [0.25, 0.3) is 0 Å². The Hall–Kier alpha value is -5.70. The zero-order valence-corrected chi connectivity index (χ0v) is 28.3. The van der Waals surface area contributed by atoms with Gasteiger partial charge in [-0.05, 0) is 74.1 Å². The van der Waals surface area contributed by atoms with Crippen LogP contribution in [0.3, 0.4) is 0 Å². The van der Waals surface area contributed by atoms with E-state index < -0.39 is 0 Å². The van der Waals surface area contributed by atoms with E-state index in [1.807, 2.05) is 11.3 Å². The average molecular weight is 644 g/mol. The molecule has 0 saturated carbocycles. The Balaban J connectivity index is 1.36. The van der Waals surface area contributed by atoms with Crippen LogP contribution in [0.2, 0.25) is 0 Å². The summed E-state index contributed by atoms with van der Waals surface area (Å²) in [7, 11) is 0. The molecule has 0 amide bonds. The molecule has 0 N–H and O–H groups in total. The molecular weight excluding hydrogens is 611 g/mol. The van der Waals surface area contributed by atoms with Crippen molar-refractivity contribution < 1.29 is 0 Å². The van der Waals surface area contributed by atoms with Gasteiger partial charge in [-0.3, -0.25) is 0 Å². The van der Waals surface area contributed by atoms with Crippen molar-refractivity contribution >= 4 is 70.1 Å². The average Bonchev–Trinajstić information content (AvgIpc) is 3.65. The summed E-state index contributed by atoms with van der Waals surface area (Å²) in [6, 6.07) is 60.7. The van der Waals surface area contributed by atoms with Gasteiger partial charge in [0.15, 0.2) is 0 Å². The van der Waals surface area contributed by atoms with E-state index in [2.05, 4.69) is 183 Å². The summed E-state index contributed by atoms with van der Waals surface area (Å²) in [5.41, 5.74) is 11.3. The van der Waals surface area contributed by atoms with Gasteiger partial charge in [0.2, 0.25) is 0 Å². The molecule has 49 heavy (non-hydrogen) atoms. The predicted octanol–water partition coefficient (Wildman–Crippen LogP) is 13.8. The highest BCUT2D eigenvalue weighted by molar-refractivity contribution is 7.26. The molecule has 0 atom stereocenters. The molecule has 1 aromatic heterocycles. The SMILES string of the molecule is CC1(C)c2ccccc2-c2c(N(c3ccccc3-c3ccc4ccccc4c3)c3cc4ccccc4c4sc5ccccc5c34)cccc21. The first kappa shape index (κ1) is 28.3. The van der Waals surface area contributed by atoms with Crippen LogP contribution in [0.4, 0.5) is 17.1 Å². The van der Waals surface area contributed by atoms with Crippen molar-refractivity contribution in [3.8, 4) is 22.3 Å². The summed E-state index contributed by atoms with van der Waals surface area (Å²) in [4.78, 5) is 2.58. The quantitative estimate of drug-likeness (QED) is 0.184. The lowest BCUT2D eigenvalue weighted by atomic mass is 9.82. The fourth-order valence-electron chi connectivity index (χ4n) is 8.30. The molecule has 1 heterocycles. The maximum absolute atomic E-state index is 2.58. The van der Waals surface area contributed by atoms with Gasteiger partial charge in [-0.2, -0.15) is 0 Å². The normalized spacial score (nSPS) is 13.3. The number of fused-ring (bicyclic) bond motifs is 9. The first-order valence-corrected chi connectivity index (χ1v) is 17.8. The van der Waals surface area contributed by atoms with E-state index in [-0.39, 0.29) is 5.41 Å². The largest absolute Gasteiger partial charge is 0.309 e. The number of nitrogens with zero attached hydrogens (tertiary/aromatic N) is 1. The van der Waals surface area contributed by atoms with Gasteiger partial charge in [-0.25, -0.2) is 0 Å². The number of hydrogen-bond acceptors (Lipinski definition) is 2. The first-order valence-electron chi connectivity index (χ1n) is 17.0. The van der Waals surface area contributed by atoms with Crippen LogP contribution in [0.5, 0.6) is 0 Å². The van der Waals surface area contributed by atoms with Crippen LogP contribution in [0.1, 0.15) is 25.0 Å². The van der Waals surface area contributed by atoms with Crippen molar-refractivity contribution in [3.05, 3.63) is 175 Å². The summed E-state index contributed by atoms with van der Waals surface area (Å²) in [6.45, 7) is 4.74. The summed E-state index contributed by atoms with van der Waals surface area (Å²) in [5.74, 6) is 0. The Morgan fingerprint density at radius 2 is 1.12 bits per heavy atom. The van der Waals surface area contributed by atoms with E-state index >= 15 is 0 Å². The predicted molar refractivity (Wildman–Crippen MR) is 212 cm³/mol. The van der Waals surface area contributed by atoms with Crippen molar-refractivity contribution in [2.75, 3.05) is 4.90 Å². The van der Waals surface area contributed by atoms with E-state index in [1.165, 1.54) is 92.2 Å². The molecule has 9 aromatic rings. The summed E-state index contributed by atoms with van der Waals surface area (Å²) in [6.07, 6.45) is 0. The number of para-hydroxylation sites is 1. The zero-order valence-electron chi connectivity index (χ0n) is 27.4. The Morgan fingerprint density at radius 1 is 0.469 bits per heavy atom. The van der Waals surface area contributed by atoms with E-state index in [4.69, 9.17) is 0 Å². The van der Waals surface area contributed by atoms with Crippen LogP contribution in [0.15, 0.2) is 164 Å². The standard InChI is InChI=1S/C47H33NS/c1-47(2)38-21-10-7-19-36(38)44-39(47)22-13-24-41(44)48(40-23-11-8-17-34(40)33-27-26-30-14-3-4-15-31(30)28-33)42-29-32-16-5-6-18-35(32)46-45(42)37-20-9-12-25-43(37)49-46/h3-29H,1-2H3. The lowest BCUT2D eigenvalue weighted by Gasteiger charge is -2.31. The maximum Gasteiger partial charge on any atom is 0.0561 e. The topological polar surface area (TPSA) is 3.24 Å². The molecule has 1 aliphatic rings. The van der Waals surface area contributed by atoms with Gasteiger partial charge < -0.3 is 4.90 Å². The molecule has 0 aliphatic heterocycles. The number of anilines is 3. The van der Waals surface area contributed by atoms with Crippen LogP contribution in [-0.4, -0.2) is 0 Å². The van der Waals surface area contributed by atoms with Crippen molar-refractivity contribution in [1.29, 1.82) is 0 Å². The Kier molecular flexibility index (Phi) is 6.16. The van der Waals surface area contributed by atoms with Gasteiger partial charge in [-0.15, -0.1) is 11.3 Å². The summed E-state index contributed by atoms with van der Waals surface area (Å²) in [5, 5.41) is 7.64. The molecule has 0 saturated heterocycles. The molecule has 2 heteroatoms. The number of benzene rings is 8. The second-order valence-corrected chi connectivity index (χ2v) is 14.8. The number of hydrogen-bond donors (Lipinski definition) is 0. The summed E-state index contributed by atoms with van der Waals surface area (Å²) < 4.78 is 2.64. The third kappa shape index (κ3) is 4.17. The highest BCUT2D eigenvalue weighted by atomic mass is 32.1. The molecular formula is C47H33NS. The van der Waals surface area contributed by atoms with Crippen LogP contribution >= 0.6 is 11.3 Å². The second kappa shape index (κ2) is 10.7. The van der Waals surface area contributed by atoms with Gasteiger partial charge >= 0.3 is 0 Å². The molecule has 1 nitrogen and oxygen atoms in total. The van der Waals surface area contributed by atoms with Gasteiger partial charge in [0.05, 0.1) is 17.1 Å². The van der Waals surface area contributed by atoms with Crippen LogP contribution in [-0.2, 0) is 5.41 Å². The maximum atomic E-state index is 2.58. The molecule has 0 spiro atoms. The van der Waals surface area contributed by atoms with Crippen molar-refractivity contribution in [3.63, 3.8) is 0 Å². The highest BCUT2D eigenvalue weighted by Crippen LogP contribution is 2.56. The smallest absolute Gasteiger partial charge is 0.0561 e. The van der Waals surface area contributed by atoms with E-state index in [1.54, 1.807) is 0 Å². The molecule has 0 radical (unpaired) electrons. The molecule has 232 valence electrons. The van der Waals surface area contributed by atoms with Crippen LogP contribution in [0, 0.1) is 0 Å². The molecule has 0 bridgehead atoms. The number of rotatable bonds is 4. The Morgan fingerprint density at radius 3 is 2.00 bits per heavy atom. The van der Waals surface area contributed by atoms with Crippen molar-refractivity contribution in [2.45, 2.75) is 19.3 Å². The minimum Gasteiger partial charge on any atom is -0.309 e. The Bertz CT molecular complexity index is 2770. The monoisotopic (exact) mass is 643 g/mol. The molecule has 8 aromatic carbocycles. The van der Waals surface area contributed by atoms with Crippen LogP contribution < -0.4 is 4.90 Å². The lowest BCUT2D eigenvalue weighted by Crippen LogP contribution is -2.16. The molecule has 0 fully saturated rings. The fraction of sp³-hybridized carbons (Fsp3) is 0.0638. The van der Waals surface area contributed by atoms with Crippen molar-refractivity contribution in [2.24, 2.45) is 0 Å². The second-order valence-electron chi connectivity index (χ2n) is 13.7. The third-order valence-electron chi connectivity index (χ3n) is 10.6. The van der Waals surface area contributed by atoms with Gasteiger partial charge in [-0.1, -0.05) is 147 Å². The molecule has 10 rings (SSSR count). The lowest BCUT2D eigenvalue weighted by molar-refractivity contribution is 0.660. The Labute approximate surface area is 290 Å². The van der Waals surface area contributed by atoms with E-state index in [0.717, 1.165) is 0 Å². The first-order chi connectivity index (χ1) is 24.1. The van der Waals surface area contributed by atoms with E-state index in [9.17, 15) is 0 Å². The fourth-order valence-corrected chi connectivity index (χ4v) is 9.55. The van der Waals surface area contributed by atoms with Crippen LogP contribution in [0.25, 0.3) is 64.0 Å². The highest BCUT2D eigenvalue weighted by Gasteiger charge is 2.38. The summed E-state index contributed by atoms with van der Waals surface area (Å²) >= 11 is 1.90. The number of thiophene rings is 1. The van der Waals surface area contributed by atoms with E-state index in [0.29, 0.717) is 0 Å². The van der Waals surface area contributed by atoms with Crippen molar-refractivity contribution in [1.82, 2.24) is 0 Å². The third-order valence-corrected chi connectivity index (χ3v) is 11.8.